The second-order valence-corrected chi connectivity index (χ2v) is 6.67. The highest BCUT2D eigenvalue weighted by Crippen LogP contribution is 2.18. The summed E-state index contributed by atoms with van der Waals surface area (Å²) in [5.74, 6) is 2.22. The number of hydrogen-bond donors (Lipinski definition) is 1. The van der Waals surface area contributed by atoms with Crippen LogP contribution in [0.15, 0.2) is 18.2 Å². The Balaban J connectivity index is 1.82. The third kappa shape index (κ3) is 4.63. The molecule has 1 fully saturated rings. The molecule has 0 aliphatic carbocycles. The molecule has 1 N–H and O–H groups in total. The number of nitrogens with zero attached hydrogens (tertiary/aromatic N) is 2. The van der Waals surface area contributed by atoms with E-state index in [1.54, 1.807) is 11.8 Å². The molecule has 21 heavy (non-hydrogen) atoms. The third-order valence-electron chi connectivity index (χ3n) is 3.90. The fraction of sp³-hybridized carbons (Fsp3) is 0.625. The van der Waals surface area contributed by atoms with E-state index in [9.17, 15) is 4.79 Å². The van der Waals surface area contributed by atoms with Crippen LogP contribution in [0, 0.1) is 12.8 Å². The molecule has 2 rings (SSSR count). The van der Waals surface area contributed by atoms with E-state index in [1.165, 1.54) is 0 Å². The van der Waals surface area contributed by atoms with Crippen LogP contribution in [-0.2, 0) is 4.79 Å². The molecule has 0 aromatic carbocycles. The number of piperidine rings is 1. The highest BCUT2D eigenvalue weighted by atomic mass is 32.2. The number of thioether (sulfide) groups is 1. The minimum absolute atomic E-state index is 0.0940. The van der Waals surface area contributed by atoms with Crippen molar-refractivity contribution >= 4 is 23.5 Å². The van der Waals surface area contributed by atoms with Crippen LogP contribution < -0.4 is 10.2 Å². The molecule has 1 aliphatic rings. The molecule has 0 bridgehead atoms. The van der Waals surface area contributed by atoms with Gasteiger partial charge in [0.05, 0.1) is 0 Å². The maximum atomic E-state index is 12.0. The van der Waals surface area contributed by atoms with E-state index < -0.39 is 0 Å². The lowest BCUT2D eigenvalue weighted by Crippen LogP contribution is -2.46. The first-order chi connectivity index (χ1) is 10.1. The van der Waals surface area contributed by atoms with Gasteiger partial charge in [-0.3, -0.25) is 4.79 Å². The first-order valence-electron chi connectivity index (χ1n) is 7.58. The van der Waals surface area contributed by atoms with Gasteiger partial charge in [-0.2, -0.15) is 11.8 Å². The summed E-state index contributed by atoms with van der Waals surface area (Å²) in [5, 5.41) is 3.19. The average Bonchev–Trinajstić information content (AvgIpc) is 2.48. The van der Waals surface area contributed by atoms with E-state index in [2.05, 4.69) is 27.3 Å². The van der Waals surface area contributed by atoms with Crippen LogP contribution in [0.25, 0.3) is 0 Å². The maximum absolute atomic E-state index is 12.0. The van der Waals surface area contributed by atoms with Gasteiger partial charge in [-0.15, -0.1) is 0 Å². The molecule has 0 saturated carbocycles. The zero-order chi connectivity index (χ0) is 15.2. The Labute approximate surface area is 131 Å². The first kappa shape index (κ1) is 16.1. The molecular weight excluding hydrogens is 282 g/mol. The fourth-order valence-corrected chi connectivity index (χ4v) is 3.28. The normalized spacial score (nSPS) is 17.6. The summed E-state index contributed by atoms with van der Waals surface area (Å²) in [6.07, 6.45) is 4.03. The number of pyridine rings is 1. The summed E-state index contributed by atoms with van der Waals surface area (Å²) >= 11 is 1.72. The van der Waals surface area contributed by atoms with Crippen LogP contribution in [-0.4, -0.2) is 42.0 Å². The Morgan fingerprint density at radius 3 is 2.81 bits per heavy atom. The number of hydrogen-bond acceptors (Lipinski definition) is 4. The van der Waals surface area contributed by atoms with Gasteiger partial charge in [0.25, 0.3) is 0 Å². The molecular formula is C16H25N3OS. The van der Waals surface area contributed by atoms with Crippen molar-refractivity contribution in [1.29, 1.82) is 0 Å². The third-order valence-corrected chi connectivity index (χ3v) is 4.74. The van der Waals surface area contributed by atoms with Gasteiger partial charge in [-0.05, 0) is 38.2 Å². The van der Waals surface area contributed by atoms with Crippen molar-refractivity contribution < 1.29 is 4.79 Å². The number of rotatable bonds is 5. The van der Waals surface area contributed by atoms with E-state index in [1.807, 2.05) is 26.2 Å². The number of nitrogens with one attached hydrogen (secondary N) is 1. The summed E-state index contributed by atoms with van der Waals surface area (Å²) in [5.41, 5.74) is 1.05. The van der Waals surface area contributed by atoms with Crippen molar-refractivity contribution in [3.63, 3.8) is 0 Å². The lowest BCUT2D eigenvalue weighted by molar-refractivity contribution is -0.124. The van der Waals surface area contributed by atoms with Crippen molar-refractivity contribution in [2.75, 3.05) is 30.0 Å². The van der Waals surface area contributed by atoms with Crippen molar-refractivity contribution in [2.24, 2.45) is 5.92 Å². The van der Waals surface area contributed by atoms with E-state index in [-0.39, 0.29) is 11.8 Å². The van der Waals surface area contributed by atoms with Crippen LogP contribution in [0.2, 0.25) is 0 Å². The van der Waals surface area contributed by atoms with Crippen molar-refractivity contribution in [3.05, 3.63) is 23.9 Å². The van der Waals surface area contributed by atoms with Crippen molar-refractivity contribution in [3.8, 4) is 0 Å². The van der Waals surface area contributed by atoms with Crippen LogP contribution in [0.4, 0.5) is 5.82 Å². The van der Waals surface area contributed by atoms with Gasteiger partial charge in [0.1, 0.15) is 5.82 Å². The standard InChI is InChI=1S/C16H25N3OS/c1-12(11-21-3)16(20)18-14-7-9-19(10-8-14)15-6-4-5-13(2)17-15/h4-6,12,14H,7-11H2,1-3H3,(H,18,20)/t12-/m0/s1. The molecule has 1 aromatic heterocycles. The lowest BCUT2D eigenvalue weighted by atomic mass is 10.0. The number of amides is 1. The van der Waals surface area contributed by atoms with E-state index in [0.29, 0.717) is 6.04 Å². The number of anilines is 1. The Morgan fingerprint density at radius 2 is 2.19 bits per heavy atom. The minimum atomic E-state index is 0.0940. The molecule has 0 spiro atoms. The van der Waals surface area contributed by atoms with Crippen LogP contribution >= 0.6 is 11.8 Å². The summed E-state index contributed by atoms with van der Waals surface area (Å²) in [6.45, 7) is 5.93. The fourth-order valence-electron chi connectivity index (χ4n) is 2.63. The molecule has 2 heterocycles. The van der Waals surface area contributed by atoms with Crippen molar-refractivity contribution in [2.45, 2.75) is 32.7 Å². The van der Waals surface area contributed by atoms with Gasteiger partial charge in [0, 0.05) is 36.5 Å². The average molecular weight is 307 g/mol. The number of carbonyl (C=O) groups excluding carboxylic acids is 1. The SMILES string of the molecule is CSC[C@H](C)C(=O)NC1CCN(c2cccc(C)n2)CC1. The smallest absolute Gasteiger partial charge is 0.223 e. The van der Waals surface area contributed by atoms with E-state index in [0.717, 1.165) is 43.2 Å². The highest BCUT2D eigenvalue weighted by molar-refractivity contribution is 7.98. The minimum Gasteiger partial charge on any atom is -0.356 e. The largest absolute Gasteiger partial charge is 0.356 e. The van der Waals surface area contributed by atoms with Gasteiger partial charge in [-0.1, -0.05) is 13.0 Å². The van der Waals surface area contributed by atoms with E-state index >= 15 is 0 Å². The summed E-state index contributed by atoms with van der Waals surface area (Å²) in [6, 6.07) is 6.44. The molecule has 116 valence electrons. The van der Waals surface area contributed by atoms with Gasteiger partial charge in [-0.25, -0.2) is 4.98 Å². The number of carbonyl (C=O) groups is 1. The quantitative estimate of drug-likeness (QED) is 0.908. The Kier molecular flexibility index (Phi) is 5.91. The van der Waals surface area contributed by atoms with Gasteiger partial charge < -0.3 is 10.2 Å². The monoisotopic (exact) mass is 307 g/mol. The topological polar surface area (TPSA) is 45.2 Å². The van der Waals surface area contributed by atoms with Gasteiger partial charge >= 0.3 is 0 Å². The van der Waals surface area contributed by atoms with Crippen LogP contribution in [0.5, 0.6) is 0 Å². The zero-order valence-electron chi connectivity index (χ0n) is 13.1. The van der Waals surface area contributed by atoms with E-state index in [4.69, 9.17) is 0 Å². The van der Waals surface area contributed by atoms with Crippen molar-refractivity contribution in [1.82, 2.24) is 10.3 Å². The predicted octanol–water partition coefficient (Wildman–Crippen LogP) is 2.47. The molecule has 0 unspecified atom stereocenters. The summed E-state index contributed by atoms with van der Waals surface area (Å²) in [7, 11) is 0. The zero-order valence-corrected chi connectivity index (χ0v) is 13.9. The maximum Gasteiger partial charge on any atom is 0.223 e. The lowest BCUT2D eigenvalue weighted by Gasteiger charge is -2.33. The second kappa shape index (κ2) is 7.69. The van der Waals surface area contributed by atoms with Crippen LogP contribution in [0.1, 0.15) is 25.5 Å². The Hall–Kier alpha value is -1.23. The molecule has 5 heteroatoms. The molecule has 1 aliphatic heterocycles. The summed E-state index contributed by atoms with van der Waals surface area (Å²) < 4.78 is 0. The first-order valence-corrected chi connectivity index (χ1v) is 8.97. The molecule has 1 atom stereocenters. The Morgan fingerprint density at radius 1 is 1.48 bits per heavy atom. The van der Waals surface area contributed by atoms with Gasteiger partial charge in [0.15, 0.2) is 0 Å². The predicted molar refractivity (Wildman–Crippen MR) is 89.9 cm³/mol. The number of aryl methyl sites for hydroxylation is 1. The highest BCUT2D eigenvalue weighted by Gasteiger charge is 2.23. The molecule has 1 saturated heterocycles. The number of aromatic nitrogens is 1. The Bertz CT molecular complexity index is 472. The molecule has 1 amide bonds. The summed E-state index contributed by atoms with van der Waals surface area (Å²) in [4.78, 5) is 18.9. The molecule has 0 radical (unpaired) electrons. The van der Waals surface area contributed by atoms with Crippen LogP contribution in [0.3, 0.4) is 0 Å². The second-order valence-electron chi connectivity index (χ2n) is 5.76. The molecule has 4 nitrogen and oxygen atoms in total. The molecule has 1 aromatic rings. The van der Waals surface area contributed by atoms with Gasteiger partial charge in [0.2, 0.25) is 5.91 Å².